The summed E-state index contributed by atoms with van der Waals surface area (Å²) >= 11 is 5.96. The van der Waals surface area contributed by atoms with Gasteiger partial charge in [-0.1, -0.05) is 12.2 Å². The molecule has 2 unspecified atom stereocenters. The first-order chi connectivity index (χ1) is 6.70. The van der Waals surface area contributed by atoms with Gasteiger partial charge in [0.05, 0.1) is 16.2 Å². The maximum absolute atomic E-state index is 10.7. The molecule has 1 aliphatic carbocycles. The highest BCUT2D eigenvalue weighted by molar-refractivity contribution is 6.29. The summed E-state index contributed by atoms with van der Waals surface area (Å²) in [5.74, 6) is -0.367. The van der Waals surface area contributed by atoms with Crippen LogP contribution >= 0.6 is 11.6 Å². The zero-order valence-electron chi connectivity index (χ0n) is 7.13. The Labute approximate surface area is 85.4 Å². The molecule has 0 N–H and O–H groups in total. The summed E-state index contributed by atoms with van der Waals surface area (Å²) in [6, 6.07) is 0. The van der Waals surface area contributed by atoms with Gasteiger partial charge in [0.2, 0.25) is 0 Å². The molecule has 0 aromatic rings. The molecule has 0 bridgehead atoms. The number of rotatable bonds is 1. The van der Waals surface area contributed by atoms with Crippen molar-refractivity contribution in [2.24, 2.45) is 10.9 Å². The second kappa shape index (κ2) is 3.38. The molecule has 0 amide bonds. The summed E-state index contributed by atoms with van der Waals surface area (Å²) in [7, 11) is 0. The number of allylic oxidation sites excluding steroid dienone is 4. The zero-order valence-corrected chi connectivity index (χ0v) is 7.89. The molecule has 4 nitrogen and oxygen atoms in total. The first-order valence-electron chi connectivity index (χ1n) is 4.10. The molecule has 14 heavy (non-hydrogen) atoms. The molecule has 0 saturated carbocycles. The molecule has 2 atom stereocenters. The third-order valence-electron chi connectivity index (χ3n) is 2.21. The minimum absolute atomic E-state index is 0.130. The predicted octanol–water partition coefficient (Wildman–Crippen LogP) is 1.91. The van der Waals surface area contributed by atoms with Crippen LogP contribution in [-0.4, -0.2) is 16.5 Å². The summed E-state index contributed by atoms with van der Waals surface area (Å²) in [5.41, 5.74) is 0.923. The van der Waals surface area contributed by atoms with E-state index in [2.05, 4.69) is 4.99 Å². The summed E-state index contributed by atoms with van der Waals surface area (Å²) in [6.07, 6.45) is 8.05. The number of hydrogen-bond acceptors (Lipinski definition) is 3. The predicted molar refractivity (Wildman–Crippen MR) is 53.9 cm³/mol. The van der Waals surface area contributed by atoms with Gasteiger partial charge in [0.1, 0.15) is 0 Å². The van der Waals surface area contributed by atoms with Crippen molar-refractivity contribution >= 4 is 17.8 Å². The fourth-order valence-corrected chi connectivity index (χ4v) is 1.92. The van der Waals surface area contributed by atoms with Crippen molar-refractivity contribution in [2.45, 2.75) is 5.38 Å². The number of halogens is 1. The smallest absolute Gasteiger partial charge is 0.255 e. The molecule has 0 radical (unpaired) electrons. The third kappa shape index (κ3) is 1.37. The quantitative estimate of drug-likeness (QED) is 0.377. The first-order valence-corrected chi connectivity index (χ1v) is 4.54. The minimum atomic E-state index is -0.434. The van der Waals surface area contributed by atoms with Crippen LogP contribution in [0.2, 0.25) is 0 Å². The fourth-order valence-electron chi connectivity index (χ4n) is 1.58. The summed E-state index contributed by atoms with van der Waals surface area (Å²) in [6.45, 7) is 0. The van der Waals surface area contributed by atoms with Gasteiger partial charge in [-0.2, -0.15) is 0 Å². The Kier molecular flexibility index (Phi) is 2.21. The van der Waals surface area contributed by atoms with Crippen LogP contribution in [0.15, 0.2) is 40.7 Å². The van der Waals surface area contributed by atoms with E-state index in [9.17, 15) is 10.1 Å². The van der Waals surface area contributed by atoms with Crippen molar-refractivity contribution in [1.29, 1.82) is 0 Å². The lowest BCUT2D eigenvalue weighted by atomic mass is 9.88. The highest BCUT2D eigenvalue weighted by Crippen LogP contribution is 2.33. The average Bonchev–Trinajstić information content (AvgIpc) is 2.17. The van der Waals surface area contributed by atoms with Gasteiger partial charge in [-0.15, -0.1) is 11.6 Å². The highest BCUT2D eigenvalue weighted by atomic mass is 35.5. The standard InChI is InChI=1S/C9H7ClN2O2/c10-7-5-11-4-6-2-1-3-8(9(6)7)12(13)14/h1-5,7,9H. The summed E-state index contributed by atoms with van der Waals surface area (Å²) in [5, 5.41) is 10.3. The van der Waals surface area contributed by atoms with E-state index < -0.39 is 10.3 Å². The second-order valence-electron chi connectivity index (χ2n) is 3.06. The van der Waals surface area contributed by atoms with Crippen LogP contribution < -0.4 is 0 Å². The highest BCUT2D eigenvalue weighted by Gasteiger charge is 2.35. The fraction of sp³-hybridized carbons (Fsp3) is 0.222. The van der Waals surface area contributed by atoms with Crippen LogP contribution in [-0.2, 0) is 0 Å². The lowest BCUT2D eigenvalue weighted by Gasteiger charge is -2.22. The van der Waals surface area contributed by atoms with E-state index in [0.29, 0.717) is 0 Å². The second-order valence-corrected chi connectivity index (χ2v) is 3.56. The van der Waals surface area contributed by atoms with Gasteiger partial charge in [-0.25, -0.2) is 0 Å². The Hall–Kier alpha value is -1.42. The number of nitrogens with zero attached hydrogens (tertiary/aromatic N) is 2. The Morgan fingerprint density at radius 1 is 1.57 bits per heavy atom. The number of nitro groups is 1. The molecule has 0 spiro atoms. The van der Waals surface area contributed by atoms with Crippen LogP contribution in [0.3, 0.4) is 0 Å². The molecule has 72 valence electrons. The third-order valence-corrected chi connectivity index (χ3v) is 2.58. The molecular formula is C9H7ClN2O2. The number of fused-ring (bicyclic) bond motifs is 1. The summed E-state index contributed by atoms with van der Waals surface area (Å²) < 4.78 is 0. The van der Waals surface area contributed by atoms with Gasteiger partial charge < -0.3 is 0 Å². The number of hydrogen-bond donors (Lipinski definition) is 0. The van der Waals surface area contributed by atoms with Crippen LogP contribution in [0.5, 0.6) is 0 Å². The molecule has 0 saturated heterocycles. The van der Waals surface area contributed by atoms with Gasteiger partial charge in [0.15, 0.2) is 0 Å². The van der Waals surface area contributed by atoms with Crippen LogP contribution in [0.25, 0.3) is 0 Å². The van der Waals surface area contributed by atoms with E-state index in [4.69, 9.17) is 11.6 Å². The summed E-state index contributed by atoms with van der Waals surface area (Å²) in [4.78, 5) is 14.3. The molecule has 2 rings (SSSR count). The minimum Gasteiger partial charge on any atom is -0.267 e. The van der Waals surface area contributed by atoms with Crippen molar-refractivity contribution in [3.05, 3.63) is 45.8 Å². The Balaban J connectivity index is 2.43. The molecule has 1 heterocycles. The lowest BCUT2D eigenvalue weighted by molar-refractivity contribution is -0.432. The van der Waals surface area contributed by atoms with Crippen molar-refractivity contribution in [3.8, 4) is 0 Å². The van der Waals surface area contributed by atoms with E-state index in [1.807, 2.05) is 0 Å². The number of alkyl halides is 1. The van der Waals surface area contributed by atoms with Crippen LogP contribution in [0.4, 0.5) is 0 Å². The SMILES string of the molecule is O=[N+]([O-])C1=CC=CC2=CN=CC(Cl)C21. The van der Waals surface area contributed by atoms with Crippen LogP contribution in [0.1, 0.15) is 0 Å². The Morgan fingerprint density at radius 2 is 2.36 bits per heavy atom. The van der Waals surface area contributed by atoms with E-state index >= 15 is 0 Å². The molecule has 0 aromatic carbocycles. The molecule has 0 fully saturated rings. The maximum Gasteiger partial charge on any atom is 0.255 e. The maximum atomic E-state index is 10.7. The van der Waals surface area contributed by atoms with E-state index in [0.717, 1.165) is 5.57 Å². The van der Waals surface area contributed by atoms with E-state index in [1.54, 1.807) is 18.4 Å². The first kappa shape index (κ1) is 9.15. The van der Waals surface area contributed by atoms with Crippen molar-refractivity contribution in [3.63, 3.8) is 0 Å². The Bertz CT molecular complexity index is 396. The number of aliphatic imine (C=N–C) groups is 1. The molecule has 5 heteroatoms. The van der Waals surface area contributed by atoms with Gasteiger partial charge in [-0.3, -0.25) is 15.1 Å². The van der Waals surface area contributed by atoms with Gasteiger partial charge in [0.25, 0.3) is 5.70 Å². The van der Waals surface area contributed by atoms with E-state index in [1.165, 1.54) is 12.3 Å². The Morgan fingerprint density at radius 3 is 3.07 bits per heavy atom. The van der Waals surface area contributed by atoms with E-state index in [-0.39, 0.29) is 11.6 Å². The average molecular weight is 211 g/mol. The van der Waals surface area contributed by atoms with Gasteiger partial charge in [-0.05, 0) is 5.57 Å². The van der Waals surface area contributed by atoms with Crippen molar-refractivity contribution < 1.29 is 4.92 Å². The van der Waals surface area contributed by atoms with Crippen LogP contribution in [0, 0.1) is 16.0 Å². The van der Waals surface area contributed by atoms with Gasteiger partial charge >= 0.3 is 0 Å². The zero-order chi connectivity index (χ0) is 10.1. The van der Waals surface area contributed by atoms with Gasteiger partial charge in [0, 0.05) is 18.5 Å². The van der Waals surface area contributed by atoms with Crippen molar-refractivity contribution in [2.75, 3.05) is 0 Å². The monoisotopic (exact) mass is 210 g/mol. The normalized spacial score (nSPS) is 29.2. The molecular weight excluding hydrogens is 204 g/mol. The van der Waals surface area contributed by atoms with Crippen molar-refractivity contribution in [1.82, 2.24) is 0 Å². The lowest BCUT2D eigenvalue weighted by Crippen LogP contribution is -2.27. The largest absolute Gasteiger partial charge is 0.267 e. The molecule has 1 aliphatic heterocycles. The topological polar surface area (TPSA) is 55.5 Å². The molecule has 0 aromatic heterocycles. The molecule has 2 aliphatic rings.